The smallest absolute Gasteiger partial charge is 0.223 e. The molecular weight excluding hydrogens is 216 g/mol. The third kappa shape index (κ3) is 2.18. The van der Waals surface area contributed by atoms with Gasteiger partial charge in [0.05, 0.1) is 0 Å². The van der Waals surface area contributed by atoms with E-state index >= 15 is 0 Å². The number of amides is 1. The zero-order chi connectivity index (χ0) is 11.7. The number of aryl methyl sites for hydroxylation is 1. The second-order valence-electron chi connectivity index (χ2n) is 5.11. The Kier molecular flexibility index (Phi) is 2.82. The largest absolute Gasteiger partial charge is 0.356 e. The lowest BCUT2D eigenvalue weighted by Crippen LogP contribution is -2.27. The van der Waals surface area contributed by atoms with Crippen molar-refractivity contribution in [2.75, 3.05) is 6.54 Å². The summed E-state index contributed by atoms with van der Waals surface area (Å²) in [7, 11) is 0. The van der Waals surface area contributed by atoms with Crippen molar-refractivity contribution in [3.05, 3.63) is 12.2 Å². The summed E-state index contributed by atoms with van der Waals surface area (Å²) in [6.07, 6.45) is 7.13. The second kappa shape index (κ2) is 4.47. The summed E-state index contributed by atoms with van der Waals surface area (Å²) in [6.45, 7) is 0.746. The summed E-state index contributed by atoms with van der Waals surface area (Å²) < 4.78 is 0. The molecule has 0 saturated heterocycles. The minimum atomic E-state index is 0.275. The van der Waals surface area contributed by atoms with Crippen LogP contribution in [0.25, 0.3) is 0 Å². The summed E-state index contributed by atoms with van der Waals surface area (Å²) >= 11 is 0. The van der Waals surface area contributed by atoms with Crippen molar-refractivity contribution < 1.29 is 4.79 Å². The number of nitrogens with zero attached hydrogens (tertiary/aromatic N) is 2. The van der Waals surface area contributed by atoms with E-state index in [2.05, 4.69) is 20.5 Å². The average molecular weight is 234 g/mol. The lowest BCUT2D eigenvalue weighted by Gasteiger charge is -2.05. The number of hydrogen-bond acceptors (Lipinski definition) is 3. The molecule has 0 aromatic carbocycles. The molecule has 1 heterocycles. The average Bonchev–Trinajstić information content (AvgIpc) is 2.80. The number of aromatic amines is 1. The molecular formula is C12H18N4O. The van der Waals surface area contributed by atoms with Gasteiger partial charge < -0.3 is 5.32 Å². The van der Waals surface area contributed by atoms with Crippen molar-refractivity contribution in [3.8, 4) is 0 Å². The van der Waals surface area contributed by atoms with E-state index in [1.165, 1.54) is 25.6 Å². The minimum absolute atomic E-state index is 0.275. The summed E-state index contributed by atoms with van der Waals surface area (Å²) in [5.41, 5.74) is 0. The molecule has 0 aliphatic heterocycles. The first-order chi connectivity index (χ1) is 8.36. The summed E-state index contributed by atoms with van der Waals surface area (Å²) in [5.74, 6) is 2.93. The molecule has 2 aliphatic carbocycles. The molecule has 5 nitrogen and oxygen atoms in total. The number of hydrogen-bond donors (Lipinski definition) is 2. The van der Waals surface area contributed by atoms with Gasteiger partial charge >= 0.3 is 0 Å². The van der Waals surface area contributed by atoms with E-state index in [0.717, 1.165) is 25.2 Å². The SMILES string of the molecule is O=C(NCCCc1ncn[nH]1)C1C2CCCC21. The molecule has 1 aromatic heterocycles. The Morgan fingerprint density at radius 2 is 2.29 bits per heavy atom. The minimum Gasteiger partial charge on any atom is -0.356 e. The lowest BCUT2D eigenvalue weighted by atomic mass is 10.1. The Labute approximate surface area is 100 Å². The zero-order valence-corrected chi connectivity index (χ0v) is 9.85. The molecule has 0 spiro atoms. The van der Waals surface area contributed by atoms with E-state index in [-0.39, 0.29) is 5.91 Å². The number of nitrogens with one attached hydrogen (secondary N) is 2. The van der Waals surface area contributed by atoms with Crippen LogP contribution in [0, 0.1) is 17.8 Å². The van der Waals surface area contributed by atoms with E-state index in [9.17, 15) is 4.79 Å². The zero-order valence-electron chi connectivity index (χ0n) is 9.85. The highest BCUT2D eigenvalue weighted by Crippen LogP contribution is 2.57. The predicted octanol–water partition coefficient (Wildman–Crippen LogP) is 0.900. The third-order valence-corrected chi connectivity index (χ3v) is 4.06. The number of aromatic nitrogens is 3. The molecule has 2 unspecified atom stereocenters. The van der Waals surface area contributed by atoms with E-state index in [0.29, 0.717) is 17.8 Å². The van der Waals surface area contributed by atoms with Crippen LogP contribution in [0.4, 0.5) is 0 Å². The van der Waals surface area contributed by atoms with E-state index in [1.807, 2.05) is 0 Å². The maximum Gasteiger partial charge on any atom is 0.223 e. The number of carbonyl (C=O) groups excluding carboxylic acids is 1. The predicted molar refractivity (Wildman–Crippen MR) is 62.0 cm³/mol. The molecule has 0 radical (unpaired) electrons. The van der Waals surface area contributed by atoms with Crippen LogP contribution in [0.3, 0.4) is 0 Å². The highest BCUT2D eigenvalue weighted by atomic mass is 16.2. The van der Waals surface area contributed by atoms with Crippen molar-refractivity contribution in [3.63, 3.8) is 0 Å². The van der Waals surface area contributed by atoms with E-state index in [1.54, 1.807) is 0 Å². The quantitative estimate of drug-likeness (QED) is 0.744. The molecule has 2 saturated carbocycles. The first-order valence-corrected chi connectivity index (χ1v) is 6.48. The molecule has 0 bridgehead atoms. The van der Waals surface area contributed by atoms with Crippen LogP contribution in [0.1, 0.15) is 31.5 Å². The van der Waals surface area contributed by atoms with Gasteiger partial charge in [-0.2, -0.15) is 5.10 Å². The van der Waals surface area contributed by atoms with Gasteiger partial charge in [-0.1, -0.05) is 6.42 Å². The van der Waals surface area contributed by atoms with Crippen LogP contribution < -0.4 is 5.32 Å². The Hall–Kier alpha value is -1.39. The summed E-state index contributed by atoms with van der Waals surface area (Å²) in [4.78, 5) is 15.9. The Balaban J connectivity index is 1.34. The standard InChI is InChI=1S/C12H18N4O/c17-12(11-8-3-1-4-9(8)11)13-6-2-5-10-14-7-15-16-10/h7-9,11H,1-6H2,(H,13,17)(H,14,15,16). The van der Waals surface area contributed by atoms with Gasteiger partial charge in [-0.05, 0) is 31.1 Å². The topological polar surface area (TPSA) is 70.7 Å². The number of fused-ring (bicyclic) bond motifs is 1. The summed E-state index contributed by atoms with van der Waals surface area (Å²) in [6, 6.07) is 0. The van der Waals surface area contributed by atoms with Gasteiger partial charge in [-0.15, -0.1) is 0 Å². The van der Waals surface area contributed by atoms with Gasteiger partial charge in [-0.3, -0.25) is 9.89 Å². The number of H-pyrrole nitrogens is 1. The second-order valence-corrected chi connectivity index (χ2v) is 5.11. The van der Waals surface area contributed by atoms with Crippen LogP contribution in [0.2, 0.25) is 0 Å². The number of carbonyl (C=O) groups is 1. The van der Waals surface area contributed by atoms with Gasteiger partial charge in [0.15, 0.2) is 0 Å². The maximum atomic E-state index is 11.8. The van der Waals surface area contributed by atoms with Gasteiger partial charge in [-0.25, -0.2) is 4.98 Å². The Morgan fingerprint density at radius 3 is 3.00 bits per heavy atom. The molecule has 5 heteroatoms. The molecule has 2 atom stereocenters. The normalized spacial score (nSPS) is 30.0. The monoisotopic (exact) mass is 234 g/mol. The van der Waals surface area contributed by atoms with Crippen molar-refractivity contribution in [1.82, 2.24) is 20.5 Å². The Bertz CT molecular complexity index is 379. The van der Waals surface area contributed by atoms with E-state index < -0.39 is 0 Å². The molecule has 17 heavy (non-hydrogen) atoms. The van der Waals surface area contributed by atoms with Crippen LogP contribution >= 0.6 is 0 Å². The molecule has 1 amide bonds. The number of rotatable bonds is 5. The van der Waals surface area contributed by atoms with Gasteiger partial charge in [0, 0.05) is 18.9 Å². The highest BCUT2D eigenvalue weighted by molar-refractivity contribution is 5.82. The van der Waals surface area contributed by atoms with Crippen molar-refractivity contribution >= 4 is 5.91 Å². The molecule has 2 aliphatic rings. The van der Waals surface area contributed by atoms with Crippen molar-refractivity contribution in [2.24, 2.45) is 17.8 Å². The fourth-order valence-electron chi connectivity index (χ4n) is 3.15. The van der Waals surface area contributed by atoms with Gasteiger partial charge in [0.25, 0.3) is 0 Å². The Morgan fingerprint density at radius 1 is 1.47 bits per heavy atom. The van der Waals surface area contributed by atoms with Crippen LogP contribution in [-0.4, -0.2) is 27.6 Å². The fourth-order valence-corrected chi connectivity index (χ4v) is 3.15. The van der Waals surface area contributed by atoms with Crippen LogP contribution in [0.5, 0.6) is 0 Å². The molecule has 1 aromatic rings. The molecule has 92 valence electrons. The third-order valence-electron chi connectivity index (χ3n) is 4.06. The van der Waals surface area contributed by atoms with Gasteiger partial charge in [0.2, 0.25) is 5.91 Å². The van der Waals surface area contributed by atoms with E-state index in [4.69, 9.17) is 0 Å². The maximum absolute atomic E-state index is 11.8. The molecule has 3 rings (SSSR count). The van der Waals surface area contributed by atoms with Gasteiger partial charge in [0.1, 0.15) is 12.2 Å². The van der Waals surface area contributed by atoms with Crippen molar-refractivity contribution in [1.29, 1.82) is 0 Å². The van der Waals surface area contributed by atoms with Crippen LogP contribution in [0.15, 0.2) is 6.33 Å². The summed E-state index contributed by atoms with van der Waals surface area (Å²) in [5, 5.41) is 9.64. The first-order valence-electron chi connectivity index (χ1n) is 6.48. The van der Waals surface area contributed by atoms with Crippen molar-refractivity contribution in [2.45, 2.75) is 32.1 Å². The highest BCUT2D eigenvalue weighted by Gasteiger charge is 2.56. The lowest BCUT2D eigenvalue weighted by molar-refractivity contribution is -0.123. The first kappa shape index (κ1) is 10.7. The van der Waals surface area contributed by atoms with Crippen LogP contribution in [-0.2, 0) is 11.2 Å². The fraction of sp³-hybridized carbons (Fsp3) is 0.750. The molecule has 2 fully saturated rings. The molecule has 2 N–H and O–H groups in total.